The van der Waals surface area contributed by atoms with Gasteiger partial charge in [-0.3, -0.25) is 4.79 Å². The molecule has 0 radical (unpaired) electrons. The van der Waals surface area contributed by atoms with Gasteiger partial charge in [0.1, 0.15) is 0 Å². The van der Waals surface area contributed by atoms with Crippen molar-refractivity contribution in [2.45, 2.75) is 56.1 Å². The zero-order valence-electron chi connectivity index (χ0n) is 19.4. The molecule has 0 aliphatic carbocycles. The average molecular weight is 526 g/mol. The van der Waals surface area contributed by atoms with E-state index < -0.39 is 23.4 Å². The lowest BCUT2D eigenvalue weighted by Crippen LogP contribution is -2.38. The third-order valence-electron chi connectivity index (χ3n) is 6.39. The van der Waals surface area contributed by atoms with E-state index in [0.29, 0.717) is 42.9 Å². The van der Waals surface area contributed by atoms with Crippen molar-refractivity contribution in [1.82, 2.24) is 25.1 Å². The highest BCUT2D eigenvalue weighted by Crippen LogP contribution is 2.33. The van der Waals surface area contributed by atoms with Crippen molar-refractivity contribution in [1.29, 1.82) is 0 Å². The van der Waals surface area contributed by atoms with Crippen LogP contribution in [0, 0.1) is 18.6 Å². The fourth-order valence-electron chi connectivity index (χ4n) is 4.45. The number of likely N-dealkylation sites (tertiary alicyclic amines) is 1. The van der Waals surface area contributed by atoms with Crippen LogP contribution in [0.5, 0.6) is 0 Å². The number of hydrogen-bond donors (Lipinski definition) is 1. The van der Waals surface area contributed by atoms with E-state index in [2.05, 4.69) is 28.0 Å². The molecule has 1 aliphatic heterocycles. The van der Waals surface area contributed by atoms with Crippen LogP contribution in [-0.2, 0) is 23.9 Å². The maximum absolute atomic E-state index is 14.3. The van der Waals surface area contributed by atoms with E-state index in [1.807, 2.05) is 0 Å². The Morgan fingerprint density at radius 3 is 2.44 bits per heavy atom. The summed E-state index contributed by atoms with van der Waals surface area (Å²) >= 11 is 3.89. The van der Waals surface area contributed by atoms with E-state index >= 15 is 0 Å². The largest absolute Gasteiger partial charge is 0.416 e. The Bertz CT molecular complexity index is 1250. The zero-order valence-corrected chi connectivity index (χ0v) is 20.3. The second kappa shape index (κ2) is 10.5. The van der Waals surface area contributed by atoms with E-state index in [1.165, 1.54) is 23.0 Å². The van der Waals surface area contributed by atoms with Crippen molar-refractivity contribution in [3.05, 3.63) is 70.0 Å². The number of carbonyl (C=O) groups excluding carboxylic acids is 1. The Morgan fingerprint density at radius 1 is 1.08 bits per heavy atom. The van der Waals surface area contributed by atoms with E-state index in [0.717, 1.165) is 12.1 Å². The Hall–Kier alpha value is -3.02. The maximum Gasteiger partial charge on any atom is 0.416 e. The molecule has 1 aromatic heterocycles. The van der Waals surface area contributed by atoms with Gasteiger partial charge in [0.2, 0.25) is 5.91 Å². The molecule has 2 aromatic carbocycles. The number of alkyl halides is 3. The van der Waals surface area contributed by atoms with Crippen molar-refractivity contribution in [3.63, 3.8) is 0 Å². The number of carbonyl (C=O) groups is 1. The summed E-state index contributed by atoms with van der Waals surface area (Å²) in [7, 11) is 0. The molecule has 12 heteroatoms. The van der Waals surface area contributed by atoms with Gasteiger partial charge in [0.05, 0.1) is 12.1 Å². The number of benzene rings is 2. The maximum atomic E-state index is 14.3. The fourth-order valence-corrected chi connectivity index (χ4v) is 4.62. The number of halogens is 5. The predicted molar refractivity (Wildman–Crippen MR) is 124 cm³/mol. The van der Waals surface area contributed by atoms with Gasteiger partial charge in [-0.05, 0) is 72.2 Å². The summed E-state index contributed by atoms with van der Waals surface area (Å²) in [5, 5.41) is 11.6. The molecule has 4 rings (SSSR count). The number of rotatable bonds is 6. The number of piperidine rings is 1. The second-order valence-electron chi connectivity index (χ2n) is 8.81. The minimum atomic E-state index is -4.51. The van der Waals surface area contributed by atoms with E-state index in [-0.39, 0.29) is 41.7 Å². The van der Waals surface area contributed by atoms with Crippen molar-refractivity contribution in [2.24, 2.45) is 0 Å². The van der Waals surface area contributed by atoms with Gasteiger partial charge in [0, 0.05) is 24.4 Å². The first-order valence-corrected chi connectivity index (χ1v) is 11.9. The summed E-state index contributed by atoms with van der Waals surface area (Å²) < 4.78 is 68.0. The molecule has 1 saturated heterocycles. The molecule has 0 spiro atoms. The molecular formula is C24H24F5N5OS. The van der Waals surface area contributed by atoms with Crippen LogP contribution in [0.15, 0.2) is 35.2 Å². The smallest absolute Gasteiger partial charge is 0.343 e. The molecule has 36 heavy (non-hydrogen) atoms. The highest BCUT2D eigenvalue weighted by molar-refractivity contribution is 7.80. The molecule has 3 aromatic rings. The molecule has 192 valence electrons. The molecule has 2 heterocycles. The first-order valence-electron chi connectivity index (χ1n) is 11.4. The number of amides is 1. The number of aryl methyl sites for hydroxylation is 2. The van der Waals surface area contributed by atoms with Crippen LogP contribution in [0.1, 0.15) is 53.3 Å². The number of nitrogens with zero attached hydrogens (tertiary/aromatic N) is 5. The van der Waals surface area contributed by atoms with Crippen LogP contribution in [0.2, 0.25) is 0 Å². The number of hydrogen-bond acceptors (Lipinski definition) is 5. The third kappa shape index (κ3) is 5.85. The number of tetrazole rings is 1. The van der Waals surface area contributed by atoms with Gasteiger partial charge in [-0.2, -0.15) is 18.0 Å². The first-order chi connectivity index (χ1) is 17.0. The Labute approximate surface area is 209 Å². The monoisotopic (exact) mass is 525 g/mol. The zero-order chi connectivity index (χ0) is 26.0. The van der Waals surface area contributed by atoms with E-state index in [9.17, 15) is 26.7 Å². The van der Waals surface area contributed by atoms with Crippen molar-refractivity contribution in [3.8, 4) is 0 Å². The van der Waals surface area contributed by atoms with Gasteiger partial charge in [0.15, 0.2) is 17.5 Å². The van der Waals surface area contributed by atoms with Gasteiger partial charge in [-0.25, -0.2) is 8.78 Å². The normalized spacial score (nSPS) is 14.9. The second-order valence-corrected chi connectivity index (χ2v) is 9.29. The van der Waals surface area contributed by atoms with E-state index in [4.69, 9.17) is 0 Å². The first kappa shape index (κ1) is 26.1. The number of aromatic nitrogens is 4. The molecule has 0 saturated carbocycles. The molecule has 0 N–H and O–H groups in total. The fraction of sp³-hybridized carbons (Fsp3) is 0.417. The van der Waals surface area contributed by atoms with Crippen LogP contribution in [-0.4, -0.2) is 44.1 Å². The van der Waals surface area contributed by atoms with Crippen LogP contribution < -0.4 is 0 Å². The number of thiol groups is 1. The molecule has 0 unspecified atom stereocenters. The lowest BCUT2D eigenvalue weighted by Gasteiger charge is -2.32. The Balaban J connectivity index is 1.40. The molecule has 1 amide bonds. The van der Waals surface area contributed by atoms with Crippen LogP contribution in [0.4, 0.5) is 22.0 Å². The summed E-state index contributed by atoms with van der Waals surface area (Å²) in [6, 6.07) is 6.38. The summed E-state index contributed by atoms with van der Waals surface area (Å²) in [5.41, 5.74) is 0.439. The molecule has 1 aliphatic rings. The quantitative estimate of drug-likeness (QED) is 0.365. The van der Waals surface area contributed by atoms with Crippen LogP contribution in [0.3, 0.4) is 0 Å². The highest BCUT2D eigenvalue weighted by atomic mass is 32.1. The van der Waals surface area contributed by atoms with Gasteiger partial charge < -0.3 is 4.90 Å². The van der Waals surface area contributed by atoms with Gasteiger partial charge in [-0.15, -0.1) is 22.8 Å². The molecule has 6 nitrogen and oxygen atoms in total. The highest BCUT2D eigenvalue weighted by Gasteiger charge is 2.31. The molecular weight excluding hydrogens is 501 g/mol. The Morgan fingerprint density at radius 2 is 1.81 bits per heavy atom. The average Bonchev–Trinajstić information content (AvgIpc) is 3.25. The predicted octanol–water partition coefficient (Wildman–Crippen LogP) is 4.95. The minimum absolute atomic E-state index is 0.00707. The lowest BCUT2D eigenvalue weighted by molar-refractivity contribution is -0.137. The minimum Gasteiger partial charge on any atom is -0.343 e. The standard InChI is InChI=1S/C24H24F5N5OS/c1-14-30-32-34(31-14)13-17-12-18(24(27,28)29)4-2-15(17)3-7-21(35)33-10-8-16(9-11-33)19-5-6-20(36)23(26)22(19)25/h2,4-6,12,16,36H,3,7-11,13H2,1H3. The summed E-state index contributed by atoms with van der Waals surface area (Å²) in [6.45, 7) is 2.38. The summed E-state index contributed by atoms with van der Waals surface area (Å²) in [5.74, 6) is -1.84. The van der Waals surface area contributed by atoms with Crippen molar-refractivity contribution < 1.29 is 26.7 Å². The Kier molecular flexibility index (Phi) is 7.62. The lowest BCUT2D eigenvalue weighted by atomic mass is 9.88. The molecule has 0 bridgehead atoms. The summed E-state index contributed by atoms with van der Waals surface area (Å²) in [4.78, 5) is 15.7. The van der Waals surface area contributed by atoms with Crippen molar-refractivity contribution in [2.75, 3.05) is 13.1 Å². The van der Waals surface area contributed by atoms with Gasteiger partial charge in [-0.1, -0.05) is 12.1 Å². The molecule has 0 atom stereocenters. The SMILES string of the molecule is Cc1nnn(Cc2cc(C(F)(F)F)ccc2CCC(=O)N2CCC(c3ccc(S)c(F)c3F)CC2)n1. The van der Waals surface area contributed by atoms with E-state index in [1.54, 1.807) is 11.8 Å². The third-order valence-corrected chi connectivity index (χ3v) is 6.73. The van der Waals surface area contributed by atoms with Gasteiger partial charge >= 0.3 is 6.18 Å². The van der Waals surface area contributed by atoms with Crippen LogP contribution >= 0.6 is 12.6 Å². The topological polar surface area (TPSA) is 63.9 Å². The summed E-state index contributed by atoms with van der Waals surface area (Å²) in [6.07, 6.45) is -3.20. The van der Waals surface area contributed by atoms with Gasteiger partial charge in [0.25, 0.3) is 0 Å². The van der Waals surface area contributed by atoms with Crippen molar-refractivity contribution >= 4 is 18.5 Å². The molecule has 1 fully saturated rings. The van der Waals surface area contributed by atoms with Crippen LogP contribution in [0.25, 0.3) is 0 Å².